The van der Waals surface area contributed by atoms with Gasteiger partial charge in [0.25, 0.3) is 0 Å². The minimum Gasteiger partial charge on any atom is -0.335 e. The Morgan fingerprint density at radius 3 is 2.50 bits per heavy atom. The molecule has 0 saturated heterocycles. The summed E-state index contributed by atoms with van der Waals surface area (Å²) in [5, 5.41) is 0. The molecule has 0 N–H and O–H groups in total. The lowest BCUT2D eigenvalue weighted by Crippen LogP contribution is -2.17. The third-order valence-corrected chi connectivity index (χ3v) is 2.80. The molecule has 5 heteroatoms. The number of thiazole rings is 1. The Labute approximate surface area is 79.5 Å². The number of carbonyl (C=O) groups excluding carboxylic acids is 1. The third-order valence-electron chi connectivity index (χ3n) is 1.44. The van der Waals surface area contributed by atoms with Gasteiger partial charge < -0.3 is 4.84 Å². The van der Waals surface area contributed by atoms with E-state index in [0.717, 1.165) is 10.6 Å². The lowest BCUT2D eigenvalue weighted by Gasteiger charge is -2.02. The Morgan fingerprint density at radius 2 is 2.17 bits per heavy atom. The number of hydrogen-bond acceptors (Lipinski definition) is 4. The van der Waals surface area contributed by atoms with Gasteiger partial charge in [0.05, 0.1) is 5.69 Å². The van der Waals surface area contributed by atoms with E-state index in [-0.39, 0.29) is 5.97 Å². The highest BCUT2D eigenvalue weighted by Crippen LogP contribution is 2.15. The fourth-order valence-electron chi connectivity index (χ4n) is 0.760. The van der Waals surface area contributed by atoms with Crippen LogP contribution in [-0.2, 0) is 4.79 Å². The minimum atomic E-state index is -0.355. The van der Waals surface area contributed by atoms with Gasteiger partial charge in [-0.2, -0.15) is 4.73 Å². The summed E-state index contributed by atoms with van der Waals surface area (Å²) < 4.78 is 1.96. The van der Waals surface area contributed by atoms with Crippen LogP contribution in [-0.4, -0.2) is 10.7 Å². The largest absolute Gasteiger partial charge is 0.335 e. The van der Waals surface area contributed by atoms with E-state index in [4.69, 9.17) is 17.1 Å². The number of nitrogens with zero attached hydrogens (tertiary/aromatic N) is 1. The molecule has 0 bridgehead atoms. The summed E-state index contributed by atoms with van der Waals surface area (Å²) >= 11 is 6.42. The van der Waals surface area contributed by atoms with Gasteiger partial charge in [-0.1, -0.05) is 0 Å². The third kappa shape index (κ3) is 1.73. The van der Waals surface area contributed by atoms with Crippen LogP contribution in [0.15, 0.2) is 0 Å². The van der Waals surface area contributed by atoms with Gasteiger partial charge in [0.15, 0.2) is 3.95 Å². The zero-order chi connectivity index (χ0) is 9.30. The van der Waals surface area contributed by atoms with Crippen molar-refractivity contribution in [2.75, 3.05) is 0 Å². The summed E-state index contributed by atoms with van der Waals surface area (Å²) in [5.41, 5.74) is 0.889. The smallest absolute Gasteiger partial charge is 0.329 e. The first-order valence-corrected chi connectivity index (χ1v) is 4.63. The van der Waals surface area contributed by atoms with Crippen LogP contribution in [0.3, 0.4) is 0 Å². The SMILES string of the molecule is CC(=O)On1c(C)c(C)sc1=S. The average molecular weight is 203 g/mol. The van der Waals surface area contributed by atoms with Crippen molar-refractivity contribution in [2.45, 2.75) is 20.8 Å². The molecule has 0 fully saturated rings. The second-order valence-electron chi connectivity index (χ2n) is 2.39. The molecule has 0 unspecified atom stereocenters. The fourth-order valence-corrected chi connectivity index (χ4v) is 2.06. The van der Waals surface area contributed by atoms with Crippen molar-refractivity contribution in [1.82, 2.24) is 4.73 Å². The standard InChI is InChI=1S/C7H9NO2S2/c1-4-5(2)12-7(11)8(4)10-6(3)9/h1-3H3. The summed E-state index contributed by atoms with van der Waals surface area (Å²) in [6.45, 7) is 5.16. The summed E-state index contributed by atoms with van der Waals surface area (Å²) in [6.07, 6.45) is 0. The predicted molar refractivity (Wildman–Crippen MR) is 49.9 cm³/mol. The molecular formula is C7H9NO2S2. The zero-order valence-corrected chi connectivity index (χ0v) is 8.71. The topological polar surface area (TPSA) is 31.2 Å². The van der Waals surface area contributed by atoms with Crippen LogP contribution in [0.25, 0.3) is 0 Å². The van der Waals surface area contributed by atoms with Crippen LogP contribution in [0.1, 0.15) is 17.5 Å². The molecule has 0 aromatic carbocycles. The molecule has 3 nitrogen and oxygen atoms in total. The quantitative estimate of drug-likeness (QED) is 0.653. The van der Waals surface area contributed by atoms with E-state index in [9.17, 15) is 4.79 Å². The Kier molecular flexibility index (Phi) is 2.64. The Morgan fingerprint density at radius 1 is 1.58 bits per heavy atom. The highest BCUT2D eigenvalue weighted by Gasteiger charge is 2.06. The van der Waals surface area contributed by atoms with Gasteiger partial charge in [-0.15, -0.1) is 11.3 Å². The highest BCUT2D eigenvalue weighted by atomic mass is 32.1. The Balaban J connectivity index is 3.14. The van der Waals surface area contributed by atoms with Gasteiger partial charge in [0, 0.05) is 11.8 Å². The zero-order valence-electron chi connectivity index (χ0n) is 7.08. The van der Waals surface area contributed by atoms with E-state index in [1.807, 2.05) is 13.8 Å². The van der Waals surface area contributed by atoms with Gasteiger partial charge in [-0.3, -0.25) is 0 Å². The number of aryl methyl sites for hydroxylation is 1. The fraction of sp³-hybridized carbons (Fsp3) is 0.429. The average Bonchev–Trinajstić information content (AvgIpc) is 2.16. The molecule has 66 valence electrons. The number of rotatable bonds is 1. The van der Waals surface area contributed by atoms with Crippen molar-refractivity contribution in [2.24, 2.45) is 0 Å². The second-order valence-corrected chi connectivity index (χ2v) is 4.24. The van der Waals surface area contributed by atoms with Crippen LogP contribution >= 0.6 is 23.6 Å². The number of aromatic nitrogens is 1. The molecule has 1 rings (SSSR count). The van der Waals surface area contributed by atoms with Crippen LogP contribution in [0, 0.1) is 17.8 Å². The second kappa shape index (κ2) is 3.37. The Hall–Kier alpha value is -0.680. The van der Waals surface area contributed by atoms with E-state index in [1.165, 1.54) is 23.0 Å². The van der Waals surface area contributed by atoms with Crippen molar-refractivity contribution >= 4 is 29.5 Å². The molecule has 12 heavy (non-hydrogen) atoms. The van der Waals surface area contributed by atoms with Crippen molar-refractivity contribution in [3.8, 4) is 0 Å². The number of hydrogen-bond donors (Lipinski definition) is 0. The van der Waals surface area contributed by atoms with Crippen LogP contribution in [0.2, 0.25) is 0 Å². The molecule has 0 saturated carbocycles. The predicted octanol–water partition coefficient (Wildman–Crippen LogP) is 1.87. The summed E-state index contributed by atoms with van der Waals surface area (Å²) in [6, 6.07) is 0. The van der Waals surface area contributed by atoms with Gasteiger partial charge in [0.2, 0.25) is 0 Å². The lowest BCUT2D eigenvalue weighted by molar-refractivity contribution is -0.141. The van der Waals surface area contributed by atoms with Gasteiger partial charge >= 0.3 is 5.97 Å². The summed E-state index contributed by atoms with van der Waals surface area (Å²) in [7, 11) is 0. The molecule has 1 aromatic rings. The van der Waals surface area contributed by atoms with Crippen molar-refractivity contribution in [3.05, 3.63) is 14.5 Å². The van der Waals surface area contributed by atoms with E-state index in [2.05, 4.69) is 0 Å². The summed E-state index contributed by atoms with van der Waals surface area (Å²) in [5.74, 6) is -0.355. The normalized spacial score (nSPS) is 9.92. The van der Waals surface area contributed by atoms with Crippen LogP contribution in [0.5, 0.6) is 0 Å². The first kappa shape index (κ1) is 9.41. The number of carbonyl (C=O) groups is 1. The van der Waals surface area contributed by atoms with Crippen LogP contribution < -0.4 is 4.84 Å². The molecule has 0 aliphatic rings. The molecular weight excluding hydrogens is 194 g/mol. The maximum atomic E-state index is 10.6. The molecule has 0 radical (unpaired) electrons. The van der Waals surface area contributed by atoms with Crippen molar-refractivity contribution < 1.29 is 9.63 Å². The van der Waals surface area contributed by atoms with Crippen molar-refractivity contribution in [1.29, 1.82) is 0 Å². The highest BCUT2D eigenvalue weighted by molar-refractivity contribution is 7.73. The molecule has 0 aliphatic carbocycles. The first-order valence-electron chi connectivity index (χ1n) is 3.40. The van der Waals surface area contributed by atoms with E-state index < -0.39 is 0 Å². The minimum absolute atomic E-state index is 0.355. The van der Waals surface area contributed by atoms with E-state index >= 15 is 0 Å². The first-order chi connectivity index (χ1) is 5.52. The molecule has 0 aliphatic heterocycles. The molecule has 0 atom stereocenters. The molecule has 0 amide bonds. The van der Waals surface area contributed by atoms with Gasteiger partial charge in [0.1, 0.15) is 0 Å². The van der Waals surface area contributed by atoms with E-state index in [0.29, 0.717) is 3.95 Å². The Bertz CT molecular complexity index is 364. The van der Waals surface area contributed by atoms with Gasteiger partial charge in [-0.25, -0.2) is 4.79 Å². The van der Waals surface area contributed by atoms with E-state index in [1.54, 1.807) is 0 Å². The summed E-state index contributed by atoms with van der Waals surface area (Å²) in [4.78, 5) is 16.6. The molecule has 0 spiro atoms. The lowest BCUT2D eigenvalue weighted by atomic mass is 10.4. The molecule has 1 aromatic heterocycles. The van der Waals surface area contributed by atoms with Gasteiger partial charge in [-0.05, 0) is 26.1 Å². The van der Waals surface area contributed by atoms with Crippen LogP contribution in [0.4, 0.5) is 0 Å². The molecule has 1 heterocycles. The maximum Gasteiger partial charge on any atom is 0.329 e. The monoisotopic (exact) mass is 203 g/mol. The van der Waals surface area contributed by atoms with Crippen molar-refractivity contribution in [3.63, 3.8) is 0 Å². The maximum absolute atomic E-state index is 10.6.